The van der Waals surface area contributed by atoms with Gasteiger partial charge in [0.2, 0.25) is 0 Å². The van der Waals surface area contributed by atoms with Gasteiger partial charge in [0.1, 0.15) is 0 Å². The lowest BCUT2D eigenvalue weighted by Crippen LogP contribution is -2.14. The Labute approximate surface area is 94.1 Å². The van der Waals surface area contributed by atoms with E-state index in [-0.39, 0.29) is 0 Å². The maximum Gasteiger partial charge on any atom is 0.0372 e. The van der Waals surface area contributed by atoms with Crippen LogP contribution in [0.1, 0.15) is 25.8 Å². The molecular weight excluding hydrogens is 273 g/mol. The number of hydrogen-bond acceptors (Lipinski definition) is 1. The van der Waals surface area contributed by atoms with Crippen LogP contribution in [-0.4, -0.2) is 6.04 Å². The van der Waals surface area contributed by atoms with E-state index in [2.05, 4.69) is 66.9 Å². The van der Waals surface area contributed by atoms with Crippen LogP contribution >= 0.6 is 22.6 Å². The lowest BCUT2D eigenvalue weighted by molar-refractivity contribution is 0.763. The molecule has 0 aliphatic carbocycles. The van der Waals surface area contributed by atoms with Gasteiger partial charge in [0.25, 0.3) is 0 Å². The molecule has 1 atom stereocenters. The van der Waals surface area contributed by atoms with Crippen molar-refractivity contribution in [1.29, 1.82) is 0 Å². The molecule has 2 heteroatoms. The summed E-state index contributed by atoms with van der Waals surface area (Å²) < 4.78 is 1.30. The maximum absolute atomic E-state index is 3.48. The van der Waals surface area contributed by atoms with Gasteiger partial charge in [-0.05, 0) is 66.6 Å². The Hall–Kier alpha value is -0.250. The molecule has 1 rings (SSSR count). The summed E-state index contributed by atoms with van der Waals surface area (Å²) in [6.45, 7) is 6.55. The highest BCUT2D eigenvalue weighted by Crippen LogP contribution is 2.18. The van der Waals surface area contributed by atoms with Crippen LogP contribution < -0.4 is 5.32 Å². The first kappa shape index (κ1) is 10.8. The van der Waals surface area contributed by atoms with Crippen LogP contribution in [0.2, 0.25) is 0 Å². The van der Waals surface area contributed by atoms with E-state index in [1.807, 2.05) is 0 Å². The molecule has 0 aliphatic rings. The highest BCUT2D eigenvalue weighted by molar-refractivity contribution is 14.1. The molecule has 72 valence electrons. The Bertz CT molecular complexity index is 283. The number of nitrogens with one attached hydrogen (secondary N) is 1. The van der Waals surface area contributed by atoms with Gasteiger partial charge in [0.05, 0.1) is 0 Å². The van der Waals surface area contributed by atoms with Crippen LogP contribution in [0.25, 0.3) is 0 Å². The predicted octanol–water partition coefficient (Wildman–Crippen LogP) is 3.81. The second-order valence-corrected chi connectivity index (χ2v) is 4.66. The van der Waals surface area contributed by atoms with Crippen LogP contribution in [0.5, 0.6) is 0 Å². The van der Waals surface area contributed by atoms with Crippen molar-refractivity contribution >= 4 is 28.3 Å². The fraction of sp³-hybridized carbons (Fsp3) is 0.455. The van der Waals surface area contributed by atoms with Crippen molar-refractivity contribution in [2.24, 2.45) is 0 Å². The molecule has 0 spiro atoms. The third kappa shape index (κ3) is 3.18. The summed E-state index contributed by atoms with van der Waals surface area (Å²) in [5, 5.41) is 3.48. The average Bonchev–Trinajstić information content (AvgIpc) is 2.09. The van der Waals surface area contributed by atoms with Crippen LogP contribution in [0.15, 0.2) is 18.2 Å². The second kappa shape index (κ2) is 4.84. The van der Waals surface area contributed by atoms with Crippen molar-refractivity contribution in [1.82, 2.24) is 0 Å². The number of hydrogen-bond donors (Lipinski definition) is 1. The van der Waals surface area contributed by atoms with Gasteiger partial charge in [-0.25, -0.2) is 0 Å². The molecule has 1 aromatic carbocycles. The van der Waals surface area contributed by atoms with Crippen LogP contribution in [0, 0.1) is 10.5 Å². The number of anilines is 1. The Balaban J connectivity index is 2.77. The zero-order valence-electron chi connectivity index (χ0n) is 8.39. The van der Waals surface area contributed by atoms with Gasteiger partial charge in [0, 0.05) is 15.3 Å². The first-order valence-corrected chi connectivity index (χ1v) is 5.74. The SMILES string of the molecule is CCC(C)Nc1ccc(I)cc1C. The minimum absolute atomic E-state index is 0.554. The summed E-state index contributed by atoms with van der Waals surface area (Å²) in [4.78, 5) is 0. The lowest BCUT2D eigenvalue weighted by Gasteiger charge is -2.15. The molecule has 0 aromatic heterocycles. The Morgan fingerprint density at radius 2 is 2.15 bits per heavy atom. The third-order valence-corrected chi connectivity index (χ3v) is 2.87. The zero-order chi connectivity index (χ0) is 9.84. The van der Waals surface area contributed by atoms with Gasteiger partial charge < -0.3 is 5.32 Å². The van der Waals surface area contributed by atoms with Crippen LogP contribution in [0.4, 0.5) is 5.69 Å². The van der Waals surface area contributed by atoms with Gasteiger partial charge in [-0.15, -0.1) is 0 Å². The van der Waals surface area contributed by atoms with E-state index < -0.39 is 0 Å². The Kier molecular flexibility index (Phi) is 4.03. The minimum Gasteiger partial charge on any atom is -0.382 e. The third-order valence-electron chi connectivity index (χ3n) is 2.20. The lowest BCUT2D eigenvalue weighted by atomic mass is 10.1. The summed E-state index contributed by atoms with van der Waals surface area (Å²) in [6, 6.07) is 7.05. The molecule has 1 aromatic rings. The molecule has 1 nitrogen and oxygen atoms in total. The van der Waals surface area contributed by atoms with Crippen molar-refractivity contribution in [2.45, 2.75) is 33.2 Å². The largest absolute Gasteiger partial charge is 0.382 e. The molecule has 0 saturated heterocycles. The number of rotatable bonds is 3. The Morgan fingerprint density at radius 3 is 2.69 bits per heavy atom. The first-order chi connectivity index (χ1) is 6.13. The van der Waals surface area contributed by atoms with Crippen molar-refractivity contribution in [3.8, 4) is 0 Å². The first-order valence-electron chi connectivity index (χ1n) is 4.66. The van der Waals surface area contributed by atoms with E-state index >= 15 is 0 Å². The maximum atomic E-state index is 3.48. The van der Waals surface area contributed by atoms with Gasteiger partial charge in [-0.1, -0.05) is 6.92 Å². The topological polar surface area (TPSA) is 12.0 Å². The van der Waals surface area contributed by atoms with E-state index in [1.165, 1.54) is 14.8 Å². The molecule has 0 amide bonds. The number of aryl methyl sites for hydroxylation is 1. The molecule has 13 heavy (non-hydrogen) atoms. The molecule has 0 radical (unpaired) electrons. The number of halogens is 1. The van der Waals surface area contributed by atoms with E-state index in [0.29, 0.717) is 6.04 Å². The predicted molar refractivity (Wildman–Crippen MR) is 67.3 cm³/mol. The van der Waals surface area contributed by atoms with E-state index in [4.69, 9.17) is 0 Å². The molecule has 0 heterocycles. The summed E-state index contributed by atoms with van der Waals surface area (Å²) in [7, 11) is 0. The molecule has 1 unspecified atom stereocenters. The Morgan fingerprint density at radius 1 is 1.46 bits per heavy atom. The van der Waals surface area contributed by atoms with Crippen molar-refractivity contribution in [2.75, 3.05) is 5.32 Å². The molecule has 0 saturated carbocycles. The fourth-order valence-electron chi connectivity index (χ4n) is 1.16. The molecule has 1 N–H and O–H groups in total. The monoisotopic (exact) mass is 289 g/mol. The molecule has 0 aliphatic heterocycles. The van der Waals surface area contributed by atoms with Crippen molar-refractivity contribution in [3.05, 3.63) is 27.3 Å². The van der Waals surface area contributed by atoms with E-state index in [0.717, 1.165) is 6.42 Å². The van der Waals surface area contributed by atoms with Gasteiger partial charge >= 0.3 is 0 Å². The fourth-order valence-corrected chi connectivity index (χ4v) is 1.80. The normalized spacial score (nSPS) is 12.6. The minimum atomic E-state index is 0.554. The molecular formula is C11H16IN. The van der Waals surface area contributed by atoms with Crippen molar-refractivity contribution in [3.63, 3.8) is 0 Å². The second-order valence-electron chi connectivity index (χ2n) is 3.41. The zero-order valence-corrected chi connectivity index (χ0v) is 10.6. The van der Waals surface area contributed by atoms with Gasteiger partial charge in [-0.3, -0.25) is 0 Å². The smallest absolute Gasteiger partial charge is 0.0372 e. The van der Waals surface area contributed by atoms with E-state index in [9.17, 15) is 0 Å². The van der Waals surface area contributed by atoms with Crippen molar-refractivity contribution < 1.29 is 0 Å². The summed E-state index contributed by atoms with van der Waals surface area (Å²) in [5.74, 6) is 0. The summed E-state index contributed by atoms with van der Waals surface area (Å²) in [6.07, 6.45) is 1.16. The van der Waals surface area contributed by atoms with E-state index in [1.54, 1.807) is 0 Å². The molecule has 0 fully saturated rings. The van der Waals surface area contributed by atoms with Gasteiger partial charge in [-0.2, -0.15) is 0 Å². The number of benzene rings is 1. The van der Waals surface area contributed by atoms with Gasteiger partial charge in [0.15, 0.2) is 0 Å². The quantitative estimate of drug-likeness (QED) is 0.834. The average molecular weight is 289 g/mol. The highest BCUT2D eigenvalue weighted by atomic mass is 127. The van der Waals surface area contributed by atoms with Crippen LogP contribution in [0.3, 0.4) is 0 Å². The summed E-state index contributed by atoms with van der Waals surface area (Å²) >= 11 is 2.34. The molecule has 0 bridgehead atoms. The highest BCUT2D eigenvalue weighted by Gasteiger charge is 2.01. The standard InChI is InChI=1S/C11H16IN/c1-4-9(3)13-11-6-5-10(12)7-8(11)2/h5-7,9,13H,4H2,1-3H3. The summed E-state index contributed by atoms with van der Waals surface area (Å²) in [5.41, 5.74) is 2.59. The van der Waals surface area contributed by atoms with Crippen LogP contribution in [-0.2, 0) is 0 Å².